The summed E-state index contributed by atoms with van der Waals surface area (Å²) in [4.78, 5) is 22.3. The lowest BCUT2D eigenvalue weighted by Gasteiger charge is -2.22. The molecule has 0 aliphatic carbocycles. The van der Waals surface area contributed by atoms with Crippen molar-refractivity contribution in [2.45, 2.75) is 13.5 Å². The predicted octanol–water partition coefficient (Wildman–Crippen LogP) is 0.736. The van der Waals surface area contributed by atoms with Crippen LogP contribution in [-0.4, -0.2) is 54.2 Å². The number of amides is 1. The third kappa shape index (κ3) is 7.60. The summed E-state index contributed by atoms with van der Waals surface area (Å²) in [5, 5.41) is 2.53. The molecule has 1 amide bonds. The van der Waals surface area contributed by atoms with Gasteiger partial charge in [0.15, 0.2) is 0 Å². The average molecular weight is 291 g/mol. The first-order valence-electron chi connectivity index (χ1n) is 5.68. The van der Waals surface area contributed by atoms with Gasteiger partial charge in [-0.3, -0.25) is 0 Å². The van der Waals surface area contributed by atoms with Gasteiger partial charge < -0.3 is 23.6 Å². The summed E-state index contributed by atoms with van der Waals surface area (Å²) in [7, 11) is 0.706. The molecule has 0 aliphatic heterocycles. The Morgan fingerprint density at radius 1 is 1.16 bits per heavy atom. The van der Waals surface area contributed by atoms with Crippen LogP contribution in [-0.2, 0) is 23.1 Å². The van der Waals surface area contributed by atoms with Gasteiger partial charge in [0.05, 0.1) is 6.17 Å². The maximum Gasteiger partial charge on any atom is 0.407 e. The summed E-state index contributed by atoms with van der Waals surface area (Å²) in [5.41, 5.74) is 0.298. The number of nitrogens with one attached hydrogen (secondary N) is 1. The zero-order valence-corrected chi connectivity index (χ0v) is 12.8. The Bertz CT molecular complexity index is 329. The van der Waals surface area contributed by atoms with Gasteiger partial charge in [-0.2, -0.15) is 0 Å². The molecule has 0 aromatic rings. The van der Waals surface area contributed by atoms with Crippen molar-refractivity contribution in [2.75, 3.05) is 33.6 Å². The normalized spacial score (nSPS) is 10.7. The molecule has 8 heteroatoms. The highest BCUT2D eigenvalue weighted by atomic mass is 28.4. The molecule has 0 radical (unpaired) electrons. The zero-order chi connectivity index (χ0) is 14.9. The van der Waals surface area contributed by atoms with Gasteiger partial charge in [0, 0.05) is 19.8 Å². The van der Waals surface area contributed by atoms with Crippen molar-refractivity contribution in [2.24, 2.45) is 0 Å². The SMILES string of the molecule is C=C(C)C(=O)OCCOC(=O)NC[Si](C)(OC)OC. The Balaban J connectivity index is 3.77. The minimum atomic E-state index is -2.35. The number of alkyl carbamates (subject to hydrolysis) is 1. The number of ether oxygens (including phenoxy) is 2. The van der Waals surface area contributed by atoms with Crippen molar-refractivity contribution in [1.29, 1.82) is 0 Å². The topological polar surface area (TPSA) is 83.1 Å². The molecule has 0 bridgehead atoms. The third-order valence-corrected chi connectivity index (χ3v) is 4.86. The van der Waals surface area contributed by atoms with Crippen molar-refractivity contribution in [3.05, 3.63) is 12.2 Å². The van der Waals surface area contributed by atoms with Crippen LogP contribution >= 0.6 is 0 Å². The highest BCUT2D eigenvalue weighted by molar-refractivity contribution is 6.66. The number of hydrogen-bond donors (Lipinski definition) is 1. The third-order valence-electron chi connectivity index (χ3n) is 2.32. The summed E-state index contributed by atoms with van der Waals surface area (Å²) in [6, 6.07) is 0. The number of esters is 1. The van der Waals surface area contributed by atoms with E-state index in [0.29, 0.717) is 5.57 Å². The molecule has 0 atom stereocenters. The Hall–Kier alpha value is -1.38. The minimum Gasteiger partial charge on any atom is -0.459 e. The lowest BCUT2D eigenvalue weighted by atomic mass is 10.4. The molecule has 0 fully saturated rings. The summed E-state index contributed by atoms with van der Waals surface area (Å²) >= 11 is 0. The van der Waals surface area contributed by atoms with E-state index in [0.717, 1.165) is 0 Å². The predicted molar refractivity (Wildman–Crippen MR) is 70.8 cm³/mol. The molecule has 0 heterocycles. The smallest absolute Gasteiger partial charge is 0.407 e. The van der Waals surface area contributed by atoms with E-state index in [9.17, 15) is 9.59 Å². The molecule has 0 spiro atoms. The highest BCUT2D eigenvalue weighted by Crippen LogP contribution is 2.01. The van der Waals surface area contributed by atoms with Crippen molar-refractivity contribution >= 4 is 20.6 Å². The maximum atomic E-state index is 11.3. The zero-order valence-electron chi connectivity index (χ0n) is 11.8. The van der Waals surface area contributed by atoms with Gasteiger partial charge in [-0.25, -0.2) is 9.59 Å². The highest BCUT2D eigenvalue weighted by Gasteiger charge is 2.29. The summed E-state index contributed by atoms with van der Waals surface area (Å²) in [6.07, 6.45) is -0.344. The van der Waals surface area contributed by atoms with E-state index in [-0.39, 0.29) is 19.4 Å². The van der Waals surface area contributed by atoms with Crippen LogP contribution in [0, 0.1) is 0 Å². The minimum absolute atomic E-state index is 0.0115. The van der Waals surface area contributed by atoms with Gasteiger partial charge in [0.2, 0.25) is 0 Å². The van der Waals surface area contributed by atoms with Gasteiger partial charge >= 0.3 is 20.6 Å². The van der Waals surface area contributed by atoms with Crippen molar-refractivity contribution in [3.8, 4) is 0 Å². The van der Waals surface area contributed by atoms with Crippen molar-refractivity contribution in [3.63, 3.8) is 0 Å². The van der Waals surface area contributed by atoms with Gasteiger partial charge in [0.1, 0.15) is 13.2 Å². The number of carbonyl (C=O) groups is 2. The maximum absolute atomic E-state index is 11.3. The molecule has 0 saturated carbocycles. The van der Waals surface area contributed by atoms with E-state index < -0.39 is 20.6 Å². The van der Waals surface area contributed by atoms with E-state index >= 15 is 0 Å². The molecule has 0 unspecified atom stereocenters. The number of rotatable bonds is 8. The second-order valence-corrected chi connectivity index (χ2v) is 7.39. The average Bonchev–Trinajstić information content (AvgIpc) is 2.40. The van der Waals surface area contributed by atoms with Gasteiger partial charge in [-0.1, -0.05) is 6.58 Å². The van der Waals surface area contributed by atoms with Crippen LogP contribution in [0.15, 0.2) is 12.2 Å². The lowest BCUT2D eigenvalue weighted by molar-refractivity contribution is -0.139. The van der Waals surface area contributed by atoms with Crippen LogP contribution in [0.2, 0.25) is 6.55 Å². The van der Waals surface area contributed by atoms with Gasteiger partial charge in [-0.15, -0.1) is 0 Å². The van der Waals surface area contributed by atoms with Gasteiger partial charge in [-0.05, 0) is 13.5 Å². The van der Waals surface area contributed by atoms with Crippen LogP contribution in [0.1, 0.15) is 6.92 Å². The van der Waals surface area contributed by atoms with Crippen molar-refractivity contribution < 1.29 is 27.9 Å². The second kappa shape index (κ2) is 8.67. The van der Waals surface area contributed by atoms with Crippen LogP contribution in [0.25, 0.3) is 0 Å². The number of hydrogen-bond acceptors (Lipinski definition) is 6. The molecule has 0 aliphatic rings. The van der Waals surface area contributed by atoms with Crippen LogP contribution in [0.4, 0.5) is 4.79 Å². The number of carbonyl (C=O) groups excluding carboxylic acids is 2. The fourth-order valence-corrected chi connectivity index (χ4v) is 1.82. The molecule has 1 N–H and O–H groups in total. The summed E-state index contributed by atoms with van der Waals surface area (Å²) < 4.78 is 19.9. The van der Waals surface area contributed by atoms with E-state index in [1.54, 1.807) is 0 Å². The van der Waals surface area contributed by atoms with E-state index in [2.05, 4.69) is 11.9 Å². The van der Waals surface area contributed by atoms with E-state index in [1.807, 2.05) is 6.55 Å². The first-order chi connectivity index (χ1) is 8.84. The van der Waals surface area contributed by atoms with Crippen molar-refractivity contribution in [1.82, 2.24) is 5.32 Å². The monoisotopic (exact) mass is 291 g/mol. The Morgan fingerprint density at radius 3 is 2.16 bits per heavy atom. The largest absolute Gasteiger partial charge is 0.459 e. The lowest BCUT2D eigenvalue weighted by Crippen LogP contribution is -2.49. The first kappa shape index (κ1) is 17.6. The van der Waals surface area contributed by atoms with Crippen LogP contribution < -0.4 is 5.32 Å². The quantitative estimate of drug-likeness (QED) is 0.307. The molecular formula is C11H21NO6Si. The van der Waals surface area contributed by atoms with E-state index in [1.165, 1.54) is 21.1 Å². The molecule has 0 aromatic carbocycles. The Labute approximate surface area is 114 Å². The molecular weight excluding hydrogens is 270 g/mol. The molecule has 110 valence electrons. The summed E-state index contributed by atoms with van der Waals surface area (Å²) in [5.74, 6) is -0.511. The molecule has 7 nitrogen and oxygen atoms in total. The van der Waals surface area contributed by atoms with Crippen LogP contribution in [0.3, 0.4) is 0 Å². The summed E-state index contributed by atoms with van der Waals surface area (Å²) in [6.45, 7) is 6.74. The fraction of sp³-hybridized carbons (Fsp3) is 0.636. The molecule has 0 rings (SSSR count). The van der Waals surface area contributed by atoms with E-state index in [4.69, 9.17) is 18.3 Å². The standard InChI is InChI=1S/C11H21NO6Si/c1-9(2)10(13)17-6-7-18-11(14)12-8-19(5,15-3)16-4/h1,6-8H2,2-5H3,(H,12,14). The molecule has 19 heavy (non-hydrogen) atoms. The molecule has 0 aromatic heterocycles. The Kier molecular flexibility index (Phi) is 8.04. The van der Waals surface area contributed by atoms with Gasteiger partial charge in [0.25, 0.3) is 0 Å². The Morgan fingerprint density at radius 2 is 1.68 bits per heavy atom. The second-order valence-electron chi connectivity index (χ2n) is 3.95. The first-order valence-corrected chi connectivity index (χ1v) is 8.20. The molecule has 0 saturated heterocycles. The fourth-order valence-electron chi connectivity index (χ4n) is 0.903. The van der Waals surface area contributed by atoms with Crippen LogP contribution in [0.5, 0.6) is 0 Å².